The topological polar surface area (TPSA) is 64.6 Å². The maximum absolute atomic E-state index is 13.9. The Kier molecular flexibility index (Phi) is 7.65. The molecule has 1 saturated carbocycles. The van der Waals surface area contributed by atoms with E-state index in [1.807, 2.05) is 32.9 Å². The molecule has 2 aliphatic rings. The minimum atomic E-state index is -0.643. The first-order chi connectivity index (χ1) is 15.1. The molecule has 0 heterocycles. The van der Waals surface area contributed by atoms with Gasteiger partial charge in [0, 0.05) is 11.6 Å². The highest BCUT2D eigenvalue weighted by molar-refractivity contribution is 6.29. The van der Waals surface area contributed by atoms with E-state index in [9.17, 15) is 14.0 Å². The summed E-state index contributed by atoms with van der Waals surface area (Å²) in [4.78, 5) is 24.7. The number of carbonyl (C=O) groups is 2. The molecule has 1 unspecified atom stereocenters. The molecule has 0 aliphatic heterocycles. The zero-order valence-corrected chi connectivity index (χ0v) is 19.6. The van der Waals surface area contributed by atoms with Crippen LogP contribution in [-0.2, 0) is 9.47 Å². The summed E-state index contributed by atoms with van der Waals surface area (Å²) in [5, 5.41) is 3.72. The third-order valence-electron chi connectivity index (χ3n) is 6.10. The molecule has 1 fully saturated rings. The van der Waals surface area contributed by atoms with Crippen LogP contribution >= 0.6 is 11.6 Å². The van der Waals surface area contributed by atoms with Gasteiger partial charge in [-0.3, -0.25) is 0 Å². The predicted molar refractivity (Wildman–Crippen MR) is 122 cm³/mol. The molecule has 174 valence electrons. The quantitative estimate of drug-likeness (QED) is 0.533. The fourth-order valence-corrected chi connectivity index (χ4v) is 4.67. The van der Waals surface area contributed by atoms with E-state index < -0.39 is 23.5 Å². The van der Waals surface area contributed by atoms with Gasteiger partial charge in [-0.05, 0) is 82.4 Å². The minimum absolute atomic E-state index is 0.0527. The van der Waals surface area contributed by atoms with Gasteiger partial charge in [-0.1, -0.05) is 35.9 Å². The number of allylic oxidation sites excluding steroid dienone is 4. The fourth-order valence-electron chi connectivity index (χ4n) is 4.43. The Morgan fingerprint density at radius 1 is 1.22 bits per heavy atom. The number of rotatable bonds is 5. The summed E-state index contributed by atoms with van der Waals surface area (Å²) < 4.78 is 24.9. The lowest BCUT2D eigenvalue weighted by molar-refractivity contribution is -0.00489. The molecule has 1 amide bonds. The van der Waals surface area contributed by atoms with Crippen LogP contribution in [0.25, 0.3) is 0 Å². The van der Waals surface area contributed by atoms with Crippen molar-refractivity contribution < 1.29 is 23.5 Å². The molecule has 7 heteroatoms. The van der Waals surface area contributed by atoms with Gasteiger partial charge in [-0.2, -0.15) is 0 Å². The van der Waals surface area contributed by atoms with Crippen molar-refractivity contribution >= 4 is 23.7 Å². The lowest BCUT2D eigenvalue weighted by Gasteiger charge is -2.45. The molecule has 1 aromatic rings. The van der Waals surface area contributed by atoms with Crippen molar-refractivity contribution in [2.45, 2.75) is 64.6 Å². The highest BCUT2D eigenvalue weighted by Gasteiger charge is 2.43. The fraction of sp³-hybridized carbons (Fsp3) is 0.520. The third-order valence-corrected chi connectivity index (χ3v) is 6.38. The van der Waals surface area contributed by atoms with Gasteiger partial charge < -0.3 is 14.8 Å². The second-order valence-electron chi connectivity index (χ2n) is 9.61. The maximum atomic E-state index is 13.9. The normalized spacial score (nSPS) is 25.6. The van der Waals surface area contributed by atoms with Crippen LogP contribution in [0.5, 0.6) is 0 Å². The van der Waals surface area contributed by atoms with E-state index in [2.05, 4.69) is 11.4 Å². The van der Waals surface area contributed by atoms with Crippen LogP contribution in [-0.4, -0.2) is 30.3 Å². The lowest BCUT2D eigenvalue weighted by atomic mass is 9.63. The van der Waals surface area contributed by atoms with Crippen LogP contribution in [0.1, 0.15) is 63.2 Å². The Balaban J connectivity index is 1.66. The van der Waals surface area contributed by atoms with Crippen molar-refractivity contribution in [2.24, 2.45) is 11.3 Å². The number of hydrogen-bond acceptors (Lipinski definition) is 4. The van der Waals surface area contributed by atoms with Gasteiger partial charge in [0.05, 0.1) is 5.56 Å². The molecule has 1 aromatic carbocycles. The van der Waals surface area contributed by atoms with Crippen molar-refractivity contribution in [3.8, 4) is 0 Å². The predicted octanol–water partition coefficient (Wildman–Crippen LogP) is 6.14. The molecular formula is C25H31ClFNO4. The van der Waals surface area contributed by atoms with Crippen molar-refractivity contribution in [3.63, 3.8) is 0 Å². The van der Waals surface area contributed by atoms with Crippen molar-refractivity contribution in [1.82, 2.24) is 5.32 Å². The first-order valence-corrected chi connectivity index (χ1v) is 11.4. The molecule has 2 aliphatic carbocycles. The molecule has 0 spiro atoms. The lowest BCUT2D eigenvalue weighted by Crippen LogP contribution is -2.47. The average molecular weight is 464 g/mol. The van der Waals surface area contributed by atoms with Gasteiger partial charge in [-0.25, -0.2) is 14.0 Å². The number of benzene rings is 1. The average Bonchev–Trinajstić information content (AvgIpc) is 2.72. The molecule has 32 heavy (non-hydrogen) atoms. The van der Waals surface area contributed by atoms with Crippen LogP contribution in [0.15, 0.2) is 47.5 Å². The zero-order valence-electron chi connectivity index (χ0n) is 18.8. The number of esters is 1. The third kappa shape index (κ3) is 6.35. The summed E-state index contributed by atoms with van der Waals surface area (Å²) >= 11 is 6.32. The van der Waals surface area contributed by atoms with Gasteiger partial charge in [-0.15, -0.1) is 0 Å². The Labute approximate surface area is 194 Å². The molecule has 3 rings (SSSR count). The second kappa shape index (κ2) is 10.1. The number of ether oxygens (including phenoxy) is 2. The first-order valence-electron chi connectivity index (χ1n) is 11.0. The second-order valence-corrected chi connectivity index (χ2v) is 10.1. The summed E-state index contributed by atoms with van der Waals surface area (Å²) in [6.45, 7) is 5.92. The zero-order chi connectivity index (χ0) is 23.4. The number of nitrogens with one attached hydrogen (secondary N) is 1. The Hall–Kier alpha value is -2.34. The summed E-state index contributed by atoms with van der Waals surface area (Å²) in [7, 11) is 0. The highest BCUT2D eigenvalue weighted by atomic mass is 35.5. The van der Waals surface area contributed by atoms with Gasteiger partial charge >= 0.3 is 12.1 Å². The number of alkyl carbamates (subject to hydrolysis) is 1. The Bertz CT molecular complexity index is 897. The van der Waals surface area contributed by atoms with E-state index in [-0.39, 0.29) is 23.0 Å². The maximum Gasteiger partial charge on any atom is 0.407 e. The molecule has 0 saturated heterocycles. The monoisotopic (exact) mass is 463 g/mol. The molecule has 5 nitrogen and oxygen atoms in total. The summed E-state index contributed by atoms with van der Waals surface area (Å²) in [5.41, 5.74) is -0.863. The number of halogens is 2. The Morgan fingerprint density at radius 3 is 2.53 bits per heavy atom. The summed E-state index contributed by atoms with van der Waals surface area (Å²) in [6.07, 6.45) is 8.65. The smallest absolute Gasteiger partial charge is 0.407 e. The number of amides is 1. The van der Waals surface area contributed by atoms with Crippen LogP contribution in [0, 0.1) is 17.2 Å². The van der Waals surface area contributed by atoms with E-state index in [1.165, 1.54) is 18.2 Å². The van der Waals surface area contributed by atoms with Gasteiger partial charge in [0.1, 0.15) is 17.5 Å². The summed E-state index contributed by atoms with van der Waals surface area (Å²) in [5.74, 6) is -1.08. The van der Waals surface area contributed by atoms with E-state index in [1.54, 1.807) is 6.07 Å². The Morgan fingerprint density at radius 2 is 1.91 bits per heavy atom. The molecule has 1 N–H and O–H groups in total. The molecular weight excluding hydrogens is 433 g/mol. The summed E-state index contributed by atoms with van der Waals surface area (Å²) in [6, 6.07) is 5.82. The minimum Gasteiger partial charge on any atom is -0.459 e. The number of carbonyl (C=O) groups excluding carboxylic acids is 2. The largest absolute Gasteiger partial charge is 0.459 e. The van der Waals surface area contributed by atoms with Crippen LogP contribution in [0.2, 0.25) is 0 Å². The van der Waals surface area contributed by atoms with Crippen molar-refractivity contribution in [1.29, 1.82) is 0 Å². The van der Waals surface area contributed by atoms with E-state index in [0.29, 0.717) is 25.8 Å². The van der Waals surface area contributed by atoms with Crippen molar-refractivity contribution in [2.75, 3.05) is 6.54 Å². The molecule has 0 aromatic heterocycles. The molecule has 0 bridgehead atoms. The first kappa shape index (κ1) is 24.3. The van der Waals surface area contributed by atoms with Crippen LogP contribution < -0.4 is 5.32 Å². The van der Waals surface area contributed by atoms with E-state index in [4.69, 9.17) is 21.1 Å². The molecule has 0 radical (unpaired) electrons. The van der Waals surface area contributed by atoms with E-state index >= 15 is 0 Å². The standard InChI is InChI=1S/C25H31ClFNO4/c1-24(2,3)32-23(30)28-16-25(17-7-6-8-18(26)15-17)13-11-19(12-14-25)31-22(29)20-9-4-5-10-21(20)27/h4-10,17,19H,11-16H2,1-3H3,(H,28,30). The van der Waals surface area contributed by atoms with E-state index in [0.717, 1.165) is 17.9 Å². The SMILES string of the molecule is CC(C)(C)OC(=O)NCC1(C2C=CC=C(Cl)C2)CCC(OC(=O)c2ccccc2F)CC1. The van der Waals surface area contributed by atoms with Crippen LogP contribution in [0.3, 0.4) is 0 Å². The van der Waals surface area contributed by atoms with Crippen molar-refractivity contribution in [3.05, 3.63) is 58.9 Å². The van der Waals surface area contributed by atoms with Crippen LogP contribution in [0.4, 0.5) is 9.18 Å². The highest BCUT2D eigenvalue weighted by Crippen LogP contribution is 2.47. The van der Waals surface area contributed by atoms with Gasteiger partial charge in [0.2, 0.25) is 0 Å². The molecule has 1 atom stereocenters. The van der Waals surface area contributed by atoms with Gasteiger partial charge in [0.15, 0.2) is 0 Å². The van der Waals surface area contributed by atoms with Gasteiger partial charge in [0.25, 0.3) is 0 Å². The number of hydrogen-bond donors (Lipinski definition) is 1.